The summed E-state index contributed by atoms with van der Waals surface area (Å²) in [5, 5.41) is 0. The Bertz CT molecular complexity index is 207. The highest BCUT2D eigenvalue weighted by Gasteiger charge is 2.12. The second-order valence-electron chi connectivity index (χ2n) is 8.82. The number of hydrogen-bond donors (Lipinski definition) is 0. The first kappa shape index (κ1) is 23.2. The van der Waals surface area contributed by atoms with E-state index < -0.39 is 0 Å². The third-order valence-electron chi connectivity index (χ3n) is 3.55. The molecule has 0 N–H and O–H groups in total. The highest BCUT2D eigenvalue weighted by Crippen LogP contribution is 2.19. The molecule has 0 aromatic carbocycles. The van der Waals surface area contributed by atoms with Crippen molar-refractivity contribution in [3.63, 3.8) is 0 Å². The van der Waals surface area contributed by atoms with E-state index in [4.69, 9.17) is 0 Å². The van der Waals surface area contributed by atoms with E-state index in [1.54, 1.807) is 0 Å². The van der Waals surface area contributed by atoms with Gasteiger partial charge in [-0.3, -0.25) is 0 Å². The Labute approximate surface area is 136 Å². The molecular weight excluding hydrogens is 254 g/mol. The molecule has 0 spiro atoms. The SMILES string of the molecule is CCCC(C)(C)C.CCCCN(CCC)CCC(C)(C)C. The molecule has 0 radical (unpaired) electrons. The monoisotopic (exact) mass is 299 g/mol. The van der Waals surface area contributed by atoms with Crippen LogP contribution in [-0.4, -0.2) is 24.5 Å². The fourth-order valence-electron chi connectivity index (χ4n) is 2.28. The summed E-state index contributed by atoms with van der Waals surface area (Å²) < 4.78 is 0. The topological polar surface area (TPSA) is 3.24 Å². The smallest absolute Gasteiger partial charge is 0.00138 e. The Morgan fingerprint density at radius 1 is 0.571 bits per heavy atom. The molecule has 0 aliphatic heterocycles. The van der Waals surface area contributed by atoms with Crippen LogP contribution in [-0.2, 0) is 0 Å². The van der Waals surface area contributed by atoms with Gasteiger partial charge in [0.15, 0.2) is 0 Å². The maximum atomic E-state index is 2.62. The summed E-state index contributed by atoms with van der Waals surface area (Å²) in [7, 11) is 0. The fraction of sp³-hybridized carbons (Fsp3) is 1.00. The lowest BCUT2D eigenvalue weighted by atomic mass is 9.91. The van der Waals surface area contributed by atoms with Crippen molar-refractivity contribution >= 4 is 0 Å². The summed E-state index contributed by atoms with van der Waals surface area (Å²) >= 11 is 0. The quantitative estimate of drug-likeness (QED) is 0.478. The molecule has 0 heterocycles. The Hall–Kier alpha value is -0.0400. The van der Waals surface area contributed by atoms with Gasteiger partial charge in [-0.1, -0.05) is 75.2 Å². The summed E-state index contributed by atoms with van der Waals surface area (Å²) in [6.07, 6.45) is 7.92. The van der Waals surface area contributed by atoms with Crippen molar-refractivity contribution in [2.75, 3.05) is 19.6 Å². The average molecular weight is 300 g/mol. The van der Waals surface area contributed by atoms with Crippen molar-refractivity contribution in [2.24, 2.45) is 10.8 Å². The van der Waals surface area contributed by atoms with Crippen LogP contribution in [0.2, 0.25) is 0 Å². The van der Waals surface area contributed by atoms with Gasteiger partial charge < -0.3 is 4.90 Å². The normalized spacial score (nSPS) is 12.3. The first-order valence-corrected chi connectivity index (χ1v) is 9.28. The van der Waals surface area contributed by atoms with Gasteiger partial charge in [-0.25, -0.2) is 0 Å². The van der Waals surface area contributed by atoms with E-state index in [0.717, 1.165) is 0 Å². The van der Waals surface area contributed by atoms with Gasteiger partial charge in [0.2, 0.25) is 0 Å². The lowest BCUT2D eigenvalue weighted by Gasteiger charge is -2.26. The minimum atomic E-state index is 0.484. The molecule has 0 bridgehead atoms. The maximum Gasteiger partial charge on any atom is -0.00138 e. The molecule has 0 aromatic rings. The summed E-state index contributed by atoms with van der Waals surface area (Å²) in [6, 6.07) is 0. The average Bonchev–Trinajstić information content (AvgIpc) is 2.31. The molecule has 21 heavy (non-hydrogen) atoms. The molecule has 0 aliphatic rings. The van der Waals surface area contributed by atoms with Crippen LogP contribution in [0, 0.1) is 10.8 Å². The minimum absolute atomic E-state index is 0.484. The lowest BCUT2D eigenvalue weighted by molar-refractivity contribution is 0.225. The van der Waals surface area contributed by atoms with E-state index in [1.807, 2.05) is 0 Å². The van der Waals surface area contributed by atoms with Crippen LogP contribution in [0.25, 0.3) is 0 Å². The molecule has 130 valence electrons. The van der Waals surface area contributed by atoms with Gasteiger partial charge in [0.1, 0.15) is 0 Å². The first-order valence-electron chi connectivity index (χ1n) is 9.28. The Balaban J connectivity index is 0. The summed E-state index contributed by atoms with van der Waals surface area (Å²) in [4.78, 5) is 2.62. The van der Waals surface area contributed by atoms with Crippen LogP contribution in [0.15, 0.2) is 0 Å². The van der Waals surface area contributed by atoms with Crippen LogP contribution in [0.3, 0.4) is 0 Å². The summed E-state index contributed by atoms with van der Waals surface area (Å²) in [5.41, 5.74) is 1.03. The van der Waals surface area contributed by atoms with E-state index in [9.17, 15) is 0 Å². The lowest BCUT2D eigenvalue weighted by Crippen LogP contribution is -2.29. The van der Waals surface area contributed by atoms with Crippen LogP contribution < -0.4 is 0 Å². The number of hydrogen-bond acceptors (Lipinski definition) is 1. The number of unbranched alkanes of at least 4 members (excludes halogenated alkanes) is 1. The fourth-order valence-corrected chi connectivity index (χ4v) is 2.28. The predicted octanol–water partition coefficient (Wildman–Crippen LogP) is 6.77. The van der Waals surface area contributed by atoms with E-state index in [0.29, 0.717) is 10.8 Å². The van der Waals surface area contributed by atoms with Gasteiger partial charge in [0.05, 0.1) is 0 Å². The van der Waals surface area contributed by atoms with E-state index in [-0.39, 0.29) is 0 Å². The van der Waals surface area contributed by atoms with Crippen molar-refractivity contribution in [3.05, 3.63) is 0 Å². The van der Waals surface area contributed by atoms with E-state index in [1.165, 1.54) is 58.2 Å². The summed E-state index contributed by atoms with van der Waals surface area (Å²) in [6.45, 7) is 24.4. The predicted molar refractivity (Wildman–Crippen MR) is 100 cm³/mol. The van der Waals surface area contributed by atoms with Gasteiger partial charge in [-0.15, -0.1) is 0 Å². The third kappa shape index (κ3) is 22.4. The summed E-state index contributed by atoms with van der Waals surface area (Å²) in [5.74, 6) is 0. The molecule has 0 rings (SSSR count). The zero-order valence-electron chi connectivity index (χ0n) is 16.8. The van der Waals surface area contributed by atoms with Crippen LogP contribution >= 0.6 is 0 Å². The second-order valence-corrected chi connectivity index (χ2v) is 8.82. The highest BCUT2D eigenvalue weighted by atomic mass is 15.1. The Morgan fingerprint density at radius 2 is 1.10 bits per heavy atom. The van der Waals surface area contributed by atoms with Crippen LogP contribution in [0.4, 0.5) is 0 Å². The Morgan fingerprint density at radius 3 is 1.38 bits per heavy atom. The van der Waals surface area contributed by atoms with Crippen molar-refractivity contribution in [3.8, 4) is 0 Å². The zero-order valence-corrected chi connectivity index (χ0v) is 16.8. The van der Waals surface area contributed by atoms with Crippen LogP contribution in [0.1, 0.15) is 101 Å². The Kier molecular flexibility index (Phi) is 13.8. The number of rotatable bonds is 8. The maximum absolute atomic E-state index is 2.62. The molecule has 0 saturated carbocycles. The van der Waals surface area contributed by atoms with Gasteiger partial charge >= 0.3 is 0 Å². The van der Waals surface area contributed by atoms with Crippen LogP contribution in [0.5, 0.6) is 0 Å². The van der Waals surface area contributed by atoms with Gasteiger partial charge in [0.25, 0.3) is 0 Å². The van der Waals surface area contributed by atoms with Crippen molar-refractivity contribution < 1.29 is 0 Å². The molecule has 0 saturated heterocycles. The van der Waals surface area contributed by atoms with E-state index >= 15 is 0 Å². The second kappa shape index (κ2) is 12.5. The van der Waals surface area contributed by atoms with Gasteiger partial charge in [0, 0.05) is 0 Å². The van der Waals surface area contributed by atoms with E-state index in [2.05, 4.69) is 67.2 Å². The standard InChI is InChI=1S/C13H29N.C7H16/c1-6-8-11-14(10-7-2)12-9-13(3,4)5;1-5-6-7(2,3)4/h6-12H2,1-5H3;5-6H2,1-4H3. The van der Waals surface area contributed by atoms with Gasteiger partial charge in [-0.2, -0.15) is 0 Å². The van der Waals surface area contributed by atoms with Crippen molar-refractivity contribution in [2.45, 2.75) is 101 Å². The molecule has 1 nitrogen and oxygen atoms in total. The molecule has 0 unspecified atom stereocenters. The van der Waals surface area contributed by atoms with Crippen molar-refractivity contribution in [1.82, 2.24) is 4.90 Å². The minimum Gasteiger partial charge on any atom is -0.303 e. The molecule has 0 fully saturated rings. The van der Waals surface area contributed by atoms with Crippen molar-refractivity contribution in [1.29, 1.82) is 0 Å². The molecule has 0 aliphatic carbocycles. The number of nitrogens with zero attached hydrogens (tertiary/aromatic N) is 1. The molecule has 0 atom stereocenters. The first-order chi connectivity index (χ1) is 9.55. The molecule has 1 heteroatoms. The largest absolute Gasteiger partial charge is 0.303 e. The molecule has 0 aromatic heterocycles. The molecular formula is C20H45N. The zero-order chi connectivity index (χ0) is 16.9. The highest BCUT2D eigenvalue weighted by molar-refractivity contribution is 4.66. The van der Waals surface area contributed by atoms with Gasteiger partial charge in [-0.05, 0) is 56.1 Å². The molecule has 0 amide bonds. The third-order valence-corrected chi connectivity index (χ3v) is 3.55.